The second-order valence-corrected chi connectivity index (χ2v) is 7.13. The van der Waals surface area contributed by atoms with Crippen LogP contribution in [0.15, 0.2) is 42.5 Å². The van der Waals surface area contributed by atoms with E-state index in [-0.39, 0.29) is 11.6 Å². The summed E-state index contributed by atoms with van der Waals surface area (Å²) in [5, 5.41) is 14.2. The molecule has 0 spiro atoms. The van der Waals surface area contributed by atoms with Gasteiger partial charge in [0.1, 0.15) is 0 Å². The molecule has 0 aromatic heterocycles. The number of benzene rings is 2. The van der Waals surface area contributed by atoms with Crippen LogP contribution in [-0.4, -0.2) is 43.6 Å². The van der Waals surface area contributed by atoms with Crippen molar-refractivity contribution in [1.29, 1.82) is 0 Å². The lowest BCUT2D eigenvalue weighted by Crippen LogP contribution is -3.15. The topological polar surface area (TPSA) is 79.9 Å². The summed E-state index contributed by atoms with van der Waals surface area (Å²) >= 11 is 6.12. The molecule has 1 aliphatic rings. The van der Waals surface area contributed by atoms with Crippen molar-refractivity contribution in [3.8, 4) is 0 Å². The first-order valence-electron chi connectivity index (χ1n) is 8.81. The number of carbonyl (C=O) groups is 1. The number of quaternary nitrogens is 1. The Morgan fingerprint density at radius 1 is 1.22 bits per heavy atom. The second-order valence-electron chi connectivity index (χ2n) is 6.70. The zero-order valence-corrected chi connectivity index (χ0v) is 15.8. The number of nitrogens with one attached hydrogen (secondary N) is 2. The Morgan fingerprint density at radius 2 is 1.89 bits per heavy atom. The summed E-state index contributed by atoms with van der Waals surface area (Å²) in [6.45, 7) is 5.89. The highest BCUT2D eigenvalue weighted by atomic mass is 35.5. The van der Waals surface area contributed by atoms with Crippen LogP contribution >= 0.6 is 11.6 Å². The Balaban J connectivity index is 1.50. The summed E-state index contributed by atoms with van der Waals surface area (Å²) in [5.41, 5.74) is 2.92. The van der Waals surface area contributed by atoms with E-state index >= 15 is 0 Å². The van der Waals surface area contributed by atoms with Crippen molar-refractivity contribution in [3.63, 3.8) is 0 Å². The fraction of sp³-hybridized carbons (Fsp3) is 0.316. The standard InChI is InChI=1S/C19H21ClN4O3/c1-14-2-3-15(20)12-18(14)23-10-8-22(9-11-23)13-19(25)21-16-4-6-17(7-5-16)24(26)27/h2-7,12H,8-11,13H2,1H3,(H,21,25)/p+1. The Morgan fingerprint density at radius 3 is 2.52 bits per heavy atom. The molecule has 0 bridgehead atoms. The number of carbonyl (C=O) groups excluding carboxylic acids is 1. The number of nitrogens with zero attached hydrogens (tertiary/aromatic N) is 2. The van der Waals surface area contributed by atoms with Crippen molar-refractivity contribution in [2.24, 2.45) is 0 Å². The zero-order valence-electron chi connectivity index (χ0n) is 15.1. The third-order valence-corrected chi connectivity index (χ3v) is 4.99. The highest BCUT2D eigenvalue weighted by Gasteiger charge is 2.23. The van der Waals surface area contributed by atoms with Crippen LogP contribution in [0.5, 0.6) is 0 Å². The summed E-state index contributed by atoms with van der Waals surface area (Å²) in [6, 6.07) is 11.8. The van der Waals surface area contributed by atoms with Crippen LogP contribution in [0.4, 0.5) is 17.1 Å². The molecule has 1 heterocycles. The van der Waals surface area contributed by atoms with Crippen molar-refractivity contribution in [1.82, 2.24) is 0 Å². The Kier molecular flexibility index (Phi) is 5.93. The van der Waals surface area contributed by atoms with Gasteiger partial charge in [-0.1, -0.05) is 17.7 Å². The monoisotopic (exact) mass is 389 g/mol. The number of hydrogen-bond acceptors (Lipinski definition) is 4. The Hall–Kier alpha value is -2.64. The van der Waals surface area contributed by atoms with Gasteiger partial charge in [-0.15, -0.1) is 0 Å². The molecule has 2 aromatic carbocycles. The van der Waals surface area contributed by atoms with Gasteiger partial charge in [-0.25, -0.2) is 0 Å². The van der Waals surface area contributed by atoms with E-state index < -0.39 is 4.92 Å². The molecule has 0 unspecified atom stereocenters. The molecule has 27 heavy (non-hydrogen) atoms. The van der Waals surface area contributed by atoms with Crippen LogP contribution in [0.2, 0.25) is 5.02 Å². The van der Waals surface area contributed by atoms with Crippen molar-refractivity contribution < 1.29 is 14.6 Å². The number of nitro groups is 1. The molecular formula is C19H22ClN4O3+. The number of amides is 1. The van der Waals surface area contributed by atoms with E-state index in [1.54, 1.807) is 12.1 Å². The summed E-state index contributed by atoms with van der Waals surface area (Å²) in [6.07, 6.45) is 0. The number of piperazine rings is 1. The van der Waals surface area contributed by atoms with Crippen LogP contribution in [0, 0.1) is 17.0 Å². The zero-order chi connectivity index (χ0) is 19.4. The van der Waals surface area contributed by atoms with Gasteiger partial charge in [-0.3, -0.25) is 14.9 Å². The minimum atomic E-state index is -0.461. The van der Waals surface area contributed by atoms with Gasteiger partial charge in [0.05, 0.1) is 31.1 Å². The molecule has 0 aliphatic carbocycles. The number of halogens is 1. The van der Waals surface area contributed by atoms with E-state index in [0.717, 1.165) is 36.9 Å². The fourth-order valence-electron chi connectivity index (χ4n) is 3.26. The second kappa shape index (κ2) is 8.37. The lowest BCUT2D eigenvalue weighted by atomic mass is 10.1. The maximum Gasteiger partial charge on any atom is 0.279 e. The molecule has 3 rings (SSSR count). The maximum absolute atomic E-state index is 12.3. The molecule has 2 N–H and O–H groups in total. The van der Waals surface area contributed by atoms with Crippen LogP contribution in [0.25, 0.3) is 0 Å². The quantitative estimate of drug-likeness (QED) is 0.604. The van der Waals surface area contributed by atoms with Gasteiger partial charge >= 0.3 is 0 Å². The third kappa shape index (κ3) is 4.96. The number of hydrogen-bond donors (Lipinski definition) is 2. The first-order valence-corrected chi connectivity index (χ1v) is 9.19. The van der Waals surface area contributed by atoms with Gasteiger partial charge in [-0.05, 0) is 36.8 Å². The van der Waals surface area contributed by atoms with E-state index in [2.05, 4.69) is 17.1 Å². The number of rotatable bonds is 5. The van der Waals surface area contributed by atoms with Crippen molar-refractivity contribution in [2.45, 2.75) is 6.92 Å². The summed E-state index contributed by atoms with van der Waals surface area (Å²) in [4.78, 5) is 26.0. The predicted molar refractivity (Wildman–Crippen MR) is 106 cm³/mol. The number of anilines is 2. The Labute approximate surface area is 162 Å². The smallest absolute Gasteiger partial charge is 0.279 e. The predicted octanol–water partition coefficient (Wildman–Crippen LogP) is 1.90. The molecule has 7 nitrogen and oxygen atoms in total. The molecule has 0 radical (unpaired) electrons. The molecule has 1 aliphatic heterocycles. The largest absolute Gasteiger partial charge is 0.360 e. The minimum Gasteiger partial charge on any atom is -0.360 e. The lowest BCUT2D eigenvalue weighted by molar-refractivity contribution is -0.892. The van der Waals surface area contributed by atoms with E-state index in [1.165, 1.54) is 22.6 Å². The third-order valence-electron chi connectivity index (χ3n) is 4.75. The van der Waals surface area contributed by atoms with Crippen LogP contribution in [0.1, 0.15) is 5.56 Å². The molecule has 142 valence electrons. The fourth-order valence-corrected chi connectivity index (χ4v) is 3.43. The first-order chi connectivity index (χ1) is 12.9. The lowest BCUT2D eigenvalue weighted by Gasteiger charge is -2.34. The van der Waals surface area contributed by atoms with Gasteiger partial charge in [0.15, 0.2) is 6.54 Å². The highest BCUT2D eigenvalue weighted by Crippen LogP contribution is 2.24. The maximum atomic E-state index is 12.3. The molecule has 0 atom stereocenters. The van der Waals surface area contributed by atoms with Crippen LogP contribution in [0.3, 0.4) is 0 Å². The van der Waals surface area contributed by atoms with Crippen LogP contribution < -0.4 is 15.1 Å². The summed E-state index contributed by atoms with van der Waals surface area (Å²) in [7, 11) is 0. The van der Waals surface area contributed by atoms with E-state index in [9.17, 15) is 14.9 Å². The van der Waals surface area contributed by atoms with Gasteiger partial charge in [0.25, 0.3) is 11.6 Å². The molecule has 2 aromatic rings. The molecule has 0 saturated carbocycles. The molecule has 1 amide bonds. The summed E-state index contributed by atoms with van der Waals surface area (Å²) in [5.74, 6) is -0.0914. The van der Waals surface area contributed by atoms with Crippen molar-refractivity contribution >= 4 is 34.6 Å². The van der Waals surface area contributed by atoms with Crippen molar-refractivity contribution in [2.75, 3.05) is 42.9 Å². The average Bonchev–Trinajstić information content (AvgIpc) is 2.65. The van der Waals surface area contributed by atoms with E-state index in [0.29, 0.717) is 12.2 Å². The summed E-state index contributed by atoms with van der Waals surface area (Å²) < 4.78 is 0. The SMILES string of the molecule is Cc1ccc(Cl)cc1N1CC[NH+](CC(=O)Nc2ccc([N+](=O)[O-])cc2)CC1. The van der Waals surface area contributed by atoms with E-state index in [4.69, 9.17) is 11.6 Å². The van der Waals surface area contributed by atoms with Gasteiger partial charge in [-0.2, -0.15) is 0 Å². The van der Waals surface area contributed by atoms with Crippen LogP contribution in [-0.2, 0) is 4.79 Å². The Bertz CT molecular complexity index is 833. The highest BCUT2D eigenvalue weighted by molar-refractivity contribution is 6.30. The minimum absolute atomic E-state index is 0.00561. The number of nitro benzene ring substituents is 1. The normalized spacial score (nSPS) is 14.8. The average molecular weight is 390 g/mol. The van der Waals surface area contributed by atoms with Gasteiger partial charge in [0.2, 0.25) is 0 Å². The van der Waals surface area contributed by atoms with Gasteiger partial charge < -0.3 is 15.1 Å². The van der Waals surface area contributed by atoms with Gasteiger partial charge in [0, 0.05) is 28.5 Å². The molecule has 1 saturated heterocycles. The van der Waals surface area contributed by atoms with E-state index in [1.807, 2.05) is 18.2 Å². The molecular weight excluding hydrogens is 368 g/mol. The number of non-ortho nitro benzene ring substituents is 1. The molecule has 1 fully saturated rings. The number of aryl methyl sites for hydroxylation is 1. The van der Waals surface area contributed by atoms with Crippen molar-refractivity contribution in [3.05, 3.63) is 63.2 Å². The molecule has 8 heteroatoms. The first kappa shape index (κ1) is 19.1.